The summed E-state index contributed by atoms with van der Waals surface area (Å²) in [6.45, 7) is 4.69. The topological polar surface area (TPSA) is 127 Å². The average molecular weight is 507 g/mol. The van der Waals surface area contributed by atoms with E-state index in [4.69, 9.17) is 9.47 Å². The number of ether oxygens (including phenoxy) is 2. The van der Waals surface area contributed by atoms with Crippen LogP contribution in [0.3, 0.4) is 0 Å². The van der Waals surface area contributed by atoms with Crippen LogP contribution in [0.5, 0.6) is 11.5 Å². The summed E-state index contributed by atoms with van der Waals surface area (Å²) in [6.07, 6.45) is 7.39. The highest BCUT2D eigenvalue weighted by Crippen LogP contribution is 2.36. The molecule has 0 bridgehead atoms. The molecular weight excluding hydrogens is 472 g/mol. The third kappa shape index (κ3) is 7.99. The lowest BCUT2D eigenvalue weighted by Gasteiger charge is -2.16. The predicted octanol–water partition coefficient (Wildman–Crippen LogP) is 5.83. The standard InChI is InChI=1S/C26H34O8S/c1-3-5-7-9-15-33-21-13-11-19(25(27)28)17-23(21)35(31,32)24-18-20(26(29)30)12-14-22(24)34-16-10-8-6-4-2/h11-14,17-18H,3-10,15-16H2,1-2H3,(H,27,28)(H,29,30). The van der Waals surface area contributed by atoms with Gasteiger partial charge in [0.25, 0.3) is 0 Å². The van der Waals surface area contributed by atoms with Crippen molar-refractivity contribution in [2.45, 2.75) is 75.0 Å². The minimum absolute atomic E-state index is 0.0149. The Bertz CT molecular complexity index is 1030. The van der Waals surface area contributed by atoms with Crippen LogP contribution in [-0.4, -0.2) is 43.8 Å². The normalized spacial score (nSPS) is 11.3. The van der Waals surface area contributed by atoms with Gasteiger partial charge in [-0.25, -0.2) is 18.0 Å². The molecule has 2 aromatic rings. The largest absolute Gasteiger partial charge is 0.492 e. The summed E-state index contributed by atoms with van der Waals surface area (Å²) in [4.78, 5) is 22.4. The van der Waals surface area contributed by atoms with Gasteiger partial charge in [0.1, 0.15) is 21.3 Å². The number of unbranched alkanes of at least 4 members (excludes halogenated alkanes) is 6. The Labute approximate surface area is 206 Å². The molecule has 0 unspecified atom stereocenters. The van der Waals surface area contributed by atoms with Gasteiger partial charge in [-0.3, -0.25) is 0 Å². The van der Waals surface area contributed by atoms with Gasteiger partial charge >= 0.3 is 11.9 Å². The van der Waals surface area contributed by atoms with Crippen LogP contribution in [0.4, 0.5) is 0 Å². The molecule has 9 heteroatoms. The van der Waals surface area contributed by atoms with E-state index < -0.39 is 21.8 Å². The summed E-state index contributed by atoms with van der Waals surface area (Å²) in [6, 6.07) is 7.28. The van der Waals surface area contributed by atoms with Crippen LogP contribution >= 0.6 is 0 Å². The molecule has 0 radical (unpaired) electrons. The van der Waals surface area contributed by atoms with E-state index >= 15 is 0 Å². The van der Waals surface area contributed by atoms with Crippen LogP contribution in [0.15, 0.2) is 46.2 Å². The van der Waals surface area contributed by atoms with Gasteiger partial charge in [-0.15, -0.1) is 0 Å². The monoisotopic (exact) mass is 506 g/mol. The van der Waals surface area contributed by atoms with Gasteiger partial charge in [0.15, 0.2) is 0 Å². The molecule has 0 fully saturated rings. The summed E-state index contributed by atoms with van der Waals surface area (Å²) in [5, 5.41) is 18.9. The van der Waals surface area contributed by atoms with Gasteiger partial charge in [-0.2, -0.15) is 0 Å². The molecule has 0 aliphatic heterocycles. The molecular formula is C26H34O8S. The van der Waals surface area contributed by atoms with Gasteiger partial charge in [-0.1, -0.05) is 52.4 Å². The van der Waals surface area contributed by atoms with E-state index in [0.717, 1.165) is 50.7 Å². The maximum Gasteiger partial charge on any atom is 0.335 e. The second-order valence-corrected chi connectivity index (χ2v) is 10.1. The highest BCUT2D eigenvalue weighted by molar-refractivity contribution is 7.91. The van der Waals surface area contributed by atoms with Crippen molar-refractivity contribution in [2.24, 2.45) is 0 Å². The maximum atomic E-state index is 13.7. The smallest absolute Gasteiger partial charge is 0.335 e. The van der Waals surface area contributed by atoms with Crippen molar-refractivity contribution < 1.29 is 37.7 Å². The SMILES string of the molecule is CCCCCCOc1ccc(C(=O)O)cc1S(=O)(=O)c1cc(C(=O)O)ccc1OCCCCCC. The maximum absolute atomic E-state index is 13.7. The number of hydrogen-bond donors (Lipinski definition) is 2. The van der Waals surface area contributed by atoms with Crippen LogP contribution in [0.1, 0.15) is 85.9 Å². The Kier molecular flexibility index (Phi) is 11.0. The molecule has 0 heterocycles. The first kappa shape index (κ1) is 28.2. The van der Waals surface area contributed by atoms with Crippen LogP contribution in [0.25, 0.3) is 0 Å². The molecule has 2 aromatic carbocycles. The fraction of sp³-hybridized carbons (Fsp3) is 0.462. The molecule has 8 nitrogen and oxygen atoms in total. The average Bonchev–Trinajstić information content (AvgIpc) is 2.83. The summed E-state index contributed by atoms with van der Waals surface area (Å²) in [7, 11) is -4.38. The van der Waals surface area contributed by atoms with Crippen LogP contribution in [0, 0.1) is 0 Å². The van der Waals surface area contributed by atoms with Gasteiger partial charge in [-0.05, 0) is 49.2 Å². The molecule has 0 aromatic heterocycles. The summed E-state index contributed by atoms with van der Waals surface area (Å²) in [5.41, 5.74) is -0.448. The minimum Gasteiger partial charge on any atom is -0.492 e. The zero-order chi connectivity index (χ0) is 25.8. The van der Waals surface area contributed by atoms with Crippen LogP contribution < -0.4 is 9.47 Å². The first-order chi connectivity index (χ1) is 16.7. The molecule has 0 saturated carbocycles. The van der Waals surface area contributed by atoms with E-state index in [1.54, 1.807) is 0 Å². The third-order valence-corrected chi connectivity index (χ3v) is 7.27. The molecule has 0 aliphatic rings. The summed E-state index contributed by atoms with van der Waals surface area (Å²) >= 11 is 0. The molecule has 2 N–H and O–H groups in total. The number of benzene rings is 2. The Hall–Kier alpha value is -3.07. The number of carboxylic acid groups (broad SMARTS) is 2. The second-order valence-electron chi connectivity index (χ2n) is 8.26. The van der Waals surface area contributed by atoms with Crippen molar-refractivity contribution in [2.75, 3.05) is 13.2 Å². The van der Waals surface area contributed by atoms with E-state index in [9.17, 15) is 28.2 Å². The molecule has 0 saturated heterocycles. The Balaban J connectivity index is 2.49. The molecule has 35 heavy (non-hydrogen) atoms. The van der Waals surface area contributed by atoms with Gasteiger partial charge in [0.2, 0.25) is 9.84 Å². The summed E-state index contributed by atoms with van der Waals surface area (Å²) < 4.78 is 39.0. The first-order valence-electron chi connectivity index (χ1n) is 12.0. The number of aromatic carboxylic acids is 2. The minimum atomic E-state index is -4.38. The molecule has 0 atom stereocenters. The molecule has 2 rings (SSSR count). The van der Waals surface area contributed by atoms with Crippen LogP contribution in [0.2, 0.25) is 0 Å². The van der Waals surface area contributed by atoms with Crippen molar-refractivity contribution in [1.82, 2.24) is 0 Å². The van der Waals surface area contributed by atoms with E-state index in [1.165, 1.54) is 24.3 Å². The zero-order valence-corrected chi connectivity index (χ0v) is 21.1. The fourth-order valence-corrected chi connectivity index (χ4v) is 5.07. The lowest BCUT2D eigenvalue weighted by molar-refractivity contribution is 0.0685. The first-order valence-corrected chi connectivity index (χ1v) is 13.5. The van der Waals surface area contributed by atoms with E-state index in [-0.39, 0.29) is 45.6 Å². The quantitative estimate of drug-likeness (QED) is 0.272. The third-order valence-electron chi connectivity index (χ3n) is 5.47. The van der Waals surface area contributed by atoms with Crippen LogP contribution in [-0.2, 0) is 9.84 Å². The van der Waals surface area contributed by atoms with Crippen molar-refractivity contribution in [3.8, 4) is 11.5 Å². The molecule has 192 valence electrons. The lowest BCUT2D eigenvalue weighted by atomic mass is 10.2. The molecule has 0 amide bonds. The number of rotatable bonds is 16. The fourth-order valence-electron chi connectivity index (χ4n) is 3.48. The van der Waals surface area contributed by atoms with E-state index in [1.807, 2.05) is 0 Å². The van der Waals surface area contributed by atoms with Crippen molar-refractivity contribution in [3.05, 3.63) is 47.5 Å². The second kappa shape index (κ2) is 13.7. The van der Waals surface area contributed by atoms with Gasteiger partial charge in [0.05, 0.1) is 24.3 Å². The van der Waals surface area contributed by atoms with Crippen molar-refractivity contribution in [3.63, 3.8) is 0 Å². The predicted molar refractivity (Wildman–Crippen MR) is 132 cm³/mol. The summed E-state index contributed by atoms with van der Waals surface area (Å²) in [5.74, 6) is -2.55. The Morgan fingerprint density at radius 2 is 1.09 bits per heavy atom. The molecule has 0 aliphatic carbocycles. The van der Waals surface area contributed by atoms with Crippen molar-refractivity contribution >= 4 is 21.8 Å². The Morgan fingerprint density at radius 3 is 1.43 bits per heavy atom. The number of carboxylic acids is 2. The van der Waals surface area contributed by atoms with E-state index in [0.29, 0.717) is 12.8 Å². The molecule has 0 spiro atoms. The Morgan fingerprint density at radius 1 is 0.686 bits per heavy atom. The van der Waals surface area contributed by atoms with Gasteiger partial charge in [0, 0.05) is 0 Å². The van der Waals surface area contributed by atoms with E-state index in [2.05, 4.69) is 13.8 Å². The number of sulfone groups is 1. The number of hydrogen-bond acceptors (Lipinski definition) is 6. The lowest BCUT2D eigenvalue weighted by Crippen LogP contribution is -2.12. The zero-order valence-electron chi connectivity index (χ0n) is 20.3. The number of carbonyl (C=O) groups is 2. The van der Waals surface area contributed by atoms with Crippen molar-refractivity contribution in [1.29, 1.82) is 0 Å². The highest BCUT2D eigenvalue weighted by Gasteiger charge is 2.29. The highest BCUT2D eigenvalue weighted by atomic mass is 32.2. The van der Waals surface area contributed by atoms with Gasteiger partial charge < -0.3 is 19.7 Å².